The van der Waals surface area contributed by atoms with Gasteiger partial charge in [0.05, 0.1) is 5.92 Å². The SMILES string of the molecule is O=C(Cn1cnc2nc(N3CCC[C@H](C(=O)NC4CC4)C3)sc2c1=O)NCc1ccc(F)cc1. The third kappa shape index (κ3) is 5.09. The van der Waals surface area contributed by atoms with Crippen LogP contribution < -0.4 is 21.1 Å². The van der Waals surface area contributed by atoms with E-state index in [1.807, 2.05) is 4.90 Å². The summed E-state index contributed by atoms with van der Waals surface area (Å²) in [5.74, 6) is -0.680. The lowest BCUT2D eigenvalue weighted by atomic mass is 9.97. The van der Waals surface area contributed by atoms with Gasteiger partial charge in [-0.2, -0.15) is 4.98 Å². The van der Waals surface area contributed by atoms with Gasteiger partial charge in [0.1, 0.15) is 23.4 Å². The zero-order valence-corrected chi connectivity index (χ0v) is 19.3. The molecule has 1 aliphatic carbocycles. The molecule has 9 nitrogen and oxygen atoms in total. The van der Waals surface area contributed by atoms with E-state index in [4.69, 9.17) is 0 Å². The molecular weight excluding hydrogens is 459 g/mol. The molecular formula is C23H25FN6O3S. The van der Waals surface area contributed by atoms with Gasteiger partial charge in [-0.25, -0.2) is 9.37 Å². The maximum atomic E-state index is 13.0. The lowest BCUT2D eigenvalue weighted by molar-refractivity contribution is -0.125. The second kappa shape index (κ2) is 9.49. The number of thiazole rings is 1. The van der Waals surface area contributed by atoms with Crippen LogP contribution in [-0.4, -0.2) is 45.5 Å². The molecule has 3 heterocycles. The van der Waals surface area contributed by atoms with Crippen LogP contribution >= 0.6 is 11.3 Å². The van der Waals surface area contributed by atoms with Gasteiger partial charge in [0.25, 0.3) is 5.56 Å². The van der Waals surface area contributed by atoms with Crippen LogP contribution in [-0.2, 0) is 22.7 Å². The molecule has 2 aromatic heterocycles. The fourth-order valence-electron chi connectivity index (χ4n) is 4.01. The first kappa shape index (κ1) is 22.5. The standard InChI is InChI=1S/C23H25FN6O3S/c24-16-5-3-14(4-6-16)10-25-18(31)12-30-13-26-20-19(22(30)33)34-23(28-20)29-9-1-2-15(11-29)21(32)27-17-7-8-17/h3-6,13,15,17H,1-2,7-12H2,(H,25,31)(H,27,32)/t15-/m0/s1. The number of amides is 2. The number of aromatic nitrogens is 3. The average molecular weight is 485 g/mol. The Labute approximate surface area is 199 Å². The fourth-order valence-corrected chi connectivity index (χ4v) is 5.01. The van der Waals surface area contributed by atoms with Crippen LogP contribution in [0.15, 0.2) is 35.4 Å². The first-order chi connectivity index (χ1) is 16.5. The van der Waals surface area contributed by atoms with Crippen LogP contribution in [0, 0.1) is 11.7 Å². The molecule has 1 aliphatic heterocycles. The molecule has 0 bridgehead atoms. The number of carbonyl (C=O) groups is 2. The Morgan fingerprint density at radius 1 is 1.18 bits per heavy atom. The highest BCUT2D eigenvalue weighted by Gasteiger charge is 2.31. The minimum absolute atomic E-state index is 0.0872. The van der Waals surface area contributed by atoms with Gasteiger partial charge < -0.3 is 15.5 Å². The minimum atomic E-state index is -0.349. The maximum absolute atomic E-state index is 13.0. The molecule has 2 amide bonds. The molecule has 3 aromatic rings. The lowest BCUT2D eigenvalue weighted by Gasteiger charge is -2.31. The van der Waals surface area contributed by atoms with Crippen molar-refractivity contribution >= 4 is 38.6 Å². The van der Waals surface area contributed by atoms with Crippen LogP contribution in [0.4, 0.5) is 9.52 Å². The number of nitrogens with one attached hydrogen (secondary N) is 2. The van der Waals surface area contributed by atoms with Crippen LogP contribution in [0.5, 0.6) is 0 Å². The van der Waals surface area contributed by atoms with E-state index in [-0.39, 0.29) is 42.2 Å². The van der Waals surface area contributed by atoms with E-state index < -0.39 is 0 Å². The van der Waals surface area contributed by atoms with Gasteiger partial charge in [-0.15, -0.1) is 0 Å². The van der Waals surface area contributed by atoms with Crippen LogP contribution in [0.3, 0.4) is 0 Å². The number of halogens is 1. The van der Waals surface area contributed by atoms with Crippen molar-refractivity contribution in [3.05, 3.63) is 52.3 Å². The molecule has 11 heteroatoms. The van der Waals surface area contributed by atoms with Crippen molar-refractivity contribution in [3.8, 4) is 0 Å². The van der Waals surface area contributed by atoms with Crippen molar-refractivity contribution in [2.24, 2.45) is 5.92 Å². The first-order valence-electron chi connectivity index (χ1n) is 11.4. The summed E-state index contributed by atoms with van der Waals surface area (Å²) >= 11 is 1.24. The third-order valence-corrected chi connectivity index (χ3v) is 7.17. The smallest absolute Gasteiger partial charge is 0.273 e. The van der Waals surface area contributed by atoms with Crippen molar-refractivity contribution in [2.75, 3.05) is 18.0 Å². The molecule has 1 atom stereocenters. The summed E-state index contributed by atoms with van der Waals surface area (Å²) in [6.07, 6.45) is 5.17. The molecule has 1 saturated heterocycles. The second-order valence-corrected chi connectivity index (χ2v) is 9.78. The number of piperidine rings is 1. The Morgan fingerprint density at radius 2 is 1.97 bits per heavy atom. The van der Waals surface area contributed by atoms with Crippen molar-refractivity contribution in [3.63, 3.8) is 0 Å². The lowest BCUT2D eigenvalue weighted by Crippen LogP contribution is -2.43. The molecule has 5 rings (SSSR count). The number of carbonyl (C=O) groups excluding carboxylic acids is 2. The Bertz CT molecular complexity index is 1270. The third-order valence-electron chi connectivity index (χ3n) is 6.08. The summed E-state index contributed by atoms with van der Waals surface area (Å²) in [6, 6.07) is 6.18. The van der Waals surface area contributed by atoms with Crippen molar-refractivity contribution in [1.82, 2.24) is 25.2 Å². The normalized spacial score (nSPS) is 18.1. The van der Waals surface area contributed by atoms with Crippen molar-refractivity contribution in [2.45, 2.75) is 44.8 Å². The van der Waals surface area contributed by atoms with E-state index in [1.165, 1.54) is 34.4 Å². The molecule has 2 aliphatic rings. The Morgan fingerprint density at radius 3 is 2.74 bits per heavy atom. The summed E-state index contributed by atoms with van der Waals surface area (Å²) in [5, 5.41) is 6.47. The molecule has 1 saturated carbocycles. The van der Waals surface area contributed by atoms with E-state index in [9.17, 15) is 18.8 Å². The first-order valence-corrected chi connectivity index (χ1v) is 12.2. The molecule has 34 heavy (non-hydrogen) atoms. The van der Waals surface area contributed by atoms with Crippen LogP contribution in [0.25, 0.3) is 10.3 Å². The zero-order valence-electron chi connectivity index (χ0n) is 18.5. The molecule has 0 radical (unpaired) electrons. The second-order valence-electron chi connectivity index (χ2n) is 8.80. The highest BCUT2D eigenvalue weighted by molar-refractivity contribution is 7.22. The average Bonchev–Trinajstić information content (AvgIpc) is 3.55. The molecule has 1 aromatic carbocycles. The quantitative estimate of drug-likeness (QED) is 0.529. The summed E-state index contributed by atoms with van der Waals surface area (Å²) in [7, 11) is 0. The number of nitrogens with zero attached hydrogens (tertiary/aromatic N) is 4. The number of benzene rings is 1. The van der Waals surface area contributed by atoms with E-state index >= 15 is 0 Å². The number of hydrogen-bond acceptors (Lipinski definition) is 7. The summed E-state index contributed by atoms with van der Waals surface area (Å²) in [6.45, 7) is 1.40. The molecule has 0 unspecified atom stereocenters. The van der Waals surface area contributed by atoms with E-state index in [2.05, 4.69) is 20.6 Å². The zero-order chi connectivity index (χ0) is 23.7. The topological polar surface area (TPSA) is 109 Å². The monoisotopic (exact) mass is 484 g/mol. The maximum Gasteiger partial charge on any atom is 0.273 e. The predicted octanol–water partition coefficient (Wildman–Crippen LogP) is 1.80. The number of fused-ring (bicyclic) bond motifs is 1. The molecule has 2 N–H and O–H groups in total. The number of anilines is 1. The van der Waals surface area contributed by atoms with Gasteiger partial charge in [-0.05, 0) is 43.4 Å². The summed E-state index contributed by atoms with van der Waals surface area (Å²) in [4.78, 5) is 48.6. The van der Waals surface area contributed by atoms with Crippen molar-refractivity contribution < 1.29 is 14.0 Å². The highest BCUT2D eigenvalue weighted by atomic mass is 32.1. The largest absolute Gasteiger partial charge is 0.353 e. The minimum Gasteiger partial charge on any atom is -0.353 e. The van der Waals surface area contributed by atoms with Gasteiger partial charge in [0.15, 0.2) is 10.8 Å². The molecule has 0 spiro atoms. The Hall–Kier alpha value is -3.34. The predicted molar refractivity (Wildman–Crippen MR) is 126 cm³/mol. The summed E-state index contributed by atoms with van der Waals surface area (Å²) < 4.78 is 14.6. The summed E-state index contributed by atoms with van der Waals surface area (Å²) in [5.41, 5.74) is 0.775. The highest BCUT2D eigenvalue weighted by Crippen LogP contribution is 2.30. The van der Waals surface area contributed by atoms with Gasteiger partial charge >= 0.3 is 0 Å². The Kier molecular flexibility index (Phi) is 6.27. The van der Waals surface area contributed by atoms with Gasteiger partial charge in [-0.1, -0.05) is 23.5 Å². The van der Waals surface area contributed by atoms with E-state index in [1.54, 1.807) is 12.1 Å². The van der Waals surface area contributed by atoms with Gasteiger partial charge in [-0.3, -0.25) is 19.0 Å². The molecule has 2 fully saturated rings. The van der Waals surface area contributed by atoms with E-state index in [0.717, 1.165) is 37.8 Å². The van der Waals surface area contributed by atoms with E-state index in [0.29, 0.717) is 28.1 Å². The Balaban J connectivity index is 1.25. The van der Waals surface area contributed by atoms with Crippen molar-refractivity contribution in [1.29, 1.82) is 0 Å². The van der Waals surface area contributed by atoms with Crippen LogP contribution in [0.2, 0.25) is 0 Å². The van der Waals surface area contributed by atoms with Gasteiger partial charge in [0, 0.05) is 25.7 Å². The number of hydrogen-bond donors (Lipinski definition) is 2. The van der Waals surface area contributed by atoms with Crippen LogP contribution in [0.1, 0.15) is 31.2 Å². The number of rotatable bonds is 7. The van der Waals surface area contributed by atoms with Gasteiger partial charge in [0.2, 0.25) is 11.8 Å². The fraction of sp³-hybridized carbons (Fsp3) is 0.435. The molecule has 178 valence electrons.